The summed E-state index contributed by atoms with van der Waals surface area (Å²) in [6, 6.07) is 0. The lowest BCUT2D eigenvalue weighted by molar-refractivity contribution is 0.125. The molecule has 120 valence electrons. The molecule has 0 heterocycles. The normalized spacial score (nSPS) is 10.6. The minimum absolute atomic E-state index is 0. The molecule has 0 rings (SSSR count). The molecule has 0 aromatic rings. The molecule has 0 aromatic heterocycles. The van der Waals surface area contributed by atoms with Crippen molar-refractivity contribution in [1.29, 1.82) is 0 Å². The van der Waals surface area contributed by atoms with Crippen LogP contribution in [0.3, 0.4) is 0 Å². The van der Waals surface area contributed by atoms with Gasteiger partial charge < -0.3 is 57.8 Å². The van der Waals surface area contributed by atoms with Gasteiger partial charge in [0, 0.05) is 6.42 Å². The van der Waals surface area contributed by atoms with Crippen LogP contribution in [0.1, 0.15) is 6.42 Å². The Bertz CT molecular complexity index is 246. The monoisotopic (exact) mass is 325 g/mol. The SMILES string of the molecule is NCCC(O)(P(=O)(O)O)P(=O)(O)O.O.O.O.O.O. The standard InChI is InChI=1S/C3H11NO7P2.5H2O/c4-2-1-3(5,12(6,7)8)13(9,10)11;;;;;/h5H,1-2,4H2,(H2,6,7,8)(H2,9,10,11);5*1H2. The maximum absolute atomic E-state index is 10.6. The minimum atomic E-state index is -5.31. The average molecular weight is 325 g/mol. The summed E-state index contributed by atoms with van der Waals surface area (Å²) in [5.74, 6) is 0. The highest BCUT2D eigenvalue weighted by atomic mass is 31.2. The third-order valence-corrected chi connectivity index (χ3v) is 5.29. The molecule has 15 heteroatoms. The van der Waals surface area contributed by atoms with Crippen molar-refractivity contribution in [1.82, 2.24) is 0 Å². The van der Waals surface area contributed by atoms with Crippen molar-refractivity contribution in [2.75, 3.05) is 6.54 Å². The van der Waals surface area contributed by atoms with Crippen LogP contribution in [0.25, 0.3) is 0 Å². The van der Waals surface area contributed by atoms with Gasteiger partial charge in [0.2, 0.25) is 0 Å². The molecule has 0 spiro atoms. The summed E-state index contributed by atoms with van der Waals surface area (Å²) in [5.41, 5.74) is 4.86. The molecule has 0 unspecified atom stereocenters. The molecule has 0 aliphatic carbocycles. The molecule has 0 radical (unpaired) electrons. The van der Waals surface area contributed by atoms with Crippen molar-refractivity contribution in [2.45, 2.75) is 11.5 Å². The van der Waals surface area contributed by atoms with Crippen molar-refractivity contribution in [3.63, 3.8) is 0 Å². The molecule has 0 aliphatic rings. The zero-order valence-corrected chi connectivity index (χ0v) is 10.7. The van der Waals surface area contributed by atoms with E-state index in [0.717, 1.165) is 0 Å². The highest BCUT2D eigenvalue weighted by Gasteiger charge is 2.58. The van der Waals surface area contributed by atoms with Crippen LogP contribution in [0.15, 0.2) is 0 Å². The molecule has 0 saturated carbocycles. The predicted octanol–water partition coefficient (Wildman–Crippen LogP) is -5.79. The van der Waals surface area contributed by atoms with Crippen molar-refractivity contribution in [3.8, 4) is 0 Å². The first-order valence-electron chi connectivity index (χ1n) is 3.10. The Labute approximate surface area is 101 Å². The second-order valence-corrected chi connectivity index (χ2v) is 6.41. The van der Waals surface area contributed by atoms with Gasteiger partial charge in [-0.3, -0.25) is 9.13 Å². The van der Waals surface area contributed by atoms with Gasteiger partial charge in [0.1, 0.15) is 0 Å². The van der Waals surface area contributed by atoms with E-state index in [1.54, 1.807) is 0 Å². The molecule has 0 fully saturated rings. The molecule has 18 heavy (non-hydrogen) atoms. The first kappa shape index (κ1) is 36.1. The van der Waals surface area contributed by atoms with Gasteiger partial charge in [-0.05, 0) is 6.54 Å². The molecule has 0 saturated heterocycles. The van der Waals surface area contributed by atoms with Crippen LogP contribution in [0.4, 0.5) is 0 Å². The molecule has 13 nitrogen and oxygen atoms in total. The largest absolute Gasteiger partial charge is 0.412 e. The Hall–Kier alpha value is 0.0200. The zero-order chi connectivity index (χ0) is 10.9. The van der Waals surface area contributed by atoms with Crippen molar-refractivity contribution in [2.24, 2.45) is 5.73 Å². The van der Waals surface area contributed by atoms with E-state index in [2.05, 4.69) is 0 Å². The van der Waals surface area contributed by atoms with E-state index in [1.165, 1.54) is 0 Å². The minimum Gasteiger partial charge on any atom is -0.412 e. The third kappa shape index (κ3) is 7.45. The van der Waals surface area contributed by atoms with Gasteiger partial charge in [0.15, 0.2) is 0 Å². The summed E-state index contributed by atoms with van der Waals surface area (Å²) < 4.78 is 21.2. The van der Waals surface area contributed by atoms with Crippen LogP contribution in [0.5, 0.6) is 0 Å². The molecule has 0 bridgehead atoms. The molecule has 17 N–H and O–H groups in total. The first-order chi connectivity index (χ1) is 5.56. The highest BCUT2D eigenvalue weighted by Crippen LogP contribution is 2.68. The van der Waals surface area contributed by atoms with E-state index in [-0.39, 0.29) is 27.4 Å². The molecule has 0 aliphatic heterocycles. The Kier molecular flexibility index (Phi) is 21.9. The molecule has 0 atom stereocenters. The molecule has 0 aromatic carbocycles. The summed E-state index contributed by atoms with van der Waals surface area (Å²) in [4.78, 5) is 34.1. The van der Waals surface area contributed by atoms with Crippen LogP contribution in [-0.2, 0) is 9.13 Å². The van der Waals surface area contributed by atoms with Crippen molar-refractivity contribution in [3.05, 3.63) is 0 Å². The number of nitrogens with two attached hydrogens (primary N) is 1. The van der Waals surface area contributed by atoms with E-state index < -0.39 is 33.2 Å². The quantitative estimate of drug-likeness (QED) is 0.269. The first-order valence-corrected chi connectivity index (χ1v) is 6.32. The van der Waals surface area contributed by atoms with Crippen LogP contribution < -0.4 is 5.73 Å². The maximum Gasteiger partial charge on any atom is 0.369 e. The summed E-state index contributed by atoms with van der Waals surface area (Å²) in [6.07, 6.45) is -0.873. The molecular formula is C3H21NO12P2. The van der Waals surface area contributed by atoms with E-state index in [9.17, 15) is 9.13 Å². The topological polar surface area (TPSA) is 319 Å². The number of hydrogen-bond donors (Lipinski definition) is 6. The maximum atomic E-state index is 10.6. The van der Waals surface area contributed by atoms with E-state index in [0.29, 0.717) is 0 Å². The second-order valence-electron chi connectivity index (χ2n) is 2.40. The summed E-state index contributed by atoms with van der Waals surface area (Å²) in [5, 5.41) is 5.71. The van der Waals surface area contributed by atoms with Gasteiger partial charge >= 0.3 is 15.2 Å². The fourth-order valence-electron chi connectivity index (χ4n) is 0.655. The van der Waals surface area contributed by atoms with Crippen LogP contribution in [0, 0.1) is 0 Å². The Morgan fingerprint density at radius 3 is 1.11 bits per heavy atom. The summed E-state index contributed by atoms with van der Waals surface area (Å²) in [7, 11) is -10.6. The highest BCUT2D eigenvalue weighted by molar-refractivity contribution is 7.72. The van der Waals surface area contributed by atoms with Gasteiger partial charge in [-0.25, -0.2) is 0 Å². The van der Waals surface area contributed by atoms with Crippen LogP contribution in [-0.4, -0.2) is 63.7 Å². The van der Waals surface area contributed by atoms with Gasteiger partial charge in [0.25, 0.3) is 5.08 Å². The summed E-state index contributed by atoms with van der Waals surface area (Å²) in [6.45, 7) is -0.452. The van der Waals surface area contributed by atoms with E-state index in [1.807, 2.05) is 0 Å². The Morgan fingerprint density at radius 1 is 0.833 bits per heavy atom. The van der Waals surface area contributed by atoms with Crippen LogP contribution >= 0.6 is 15.2 Å². The molecule has 0 amide bonds. The van der Waals surface area contributed by atoms with Crippen molar-refractivity contribution >= 4 is 15.2 Å². The Balaban J connectivity index is -0.0000000720. The van der Waals surface area contributed by atoms with E-state index in [4.69, 9.17) is 30.4 Å². The smallest absolute Gasteiger partial charge is 0.369 e. The van der Waals surface area contributed by atoms with Crippen LogP contribution in [0.2, 0.25) is 0 Å². The molecular weight excluding hydrogens is 304 g/mol. The van der Waals surface area contributed by atoms with Gasteiger partial charge in [-0.2, -0.15) is 0 Å². The fraction of sp³-hybridized carbons (Fsp3) is 1.00. The fourth-order valence-corrected chi connectivity index (χ4v) is 2.85. The number of aliphatic hydroxyl groups is 1. The lowest BCUT2D eigenvalue weighted by Crippen LogP contribution is -2.31. The average Bonchev–Trinajstić information content (AvgIpc) is 1.82. The lowest BCUT2D eigenvalue weighted by atomic mass is 10.5. The lowest BCUT2D eigenvalue weighted by Gasteiger charge is -2.28. The van der Waals surface area contributed by atoms with E-state index >= 15 is 0 Å². The number of rotatable bonds is 4. The van der Waals surface area contributed by atoms with Crippen molar-refractivity contribution < 1.29 is 61.2 Å². The zero-order valence-electron chi connectivity index (χ0n) is 8.94. The van der Waals surface area contributed by atoms with Gasteiger partial charge in [-0.15, -0.1) is 0 Å². The number of hydrogen-bond acceptors (Lipinski definition) is 4. The Morgan fingerprint density at radius 2 is 1.06 bits per heavy atom. The van der Waals surface area contributed by atoms with Gasteiger partial charge in [-0.1, -0.05) is 0 Å². The third-order valence-electron chi connectivity index (χ3n) is 1.41. The summed E-state index contributed by atoms with van der Waals surface area (Å²) >= 11 is 0. The van der Waals surface area contributed by atoms with Gasteiger partial charge in [0.05, 0.1) is 0 Å². The second kappa shape index (κ2) is 10.9. The predicted molar refractivity (Wildman–Crippen MR) is 60.8 cm³/mol.